The van der Waals surface area contributed by atoms with Crippen molar-refractivity contribution in [3.63, 3.8) is 0 Å². The maximum absolute atomic E-state index is 15.7. The van der Waals surface area contributed by atoms with Gasteiger partial charge in [0.1, 0.15) is 29.5 Å². The third-order valence-electron chi connectivity index (χ3n) is 4.18. The third-order valence-corrected chi connectivity index (χ3v) is 5.63. The maximum atomic E-state index is 15.7. The highest BCUT2D eigenvalue weighted by atomic mass is 35.5. The Kier molecular flexibility index (Phi) is 4.45. The number of nitrogens with zero attached hydrogens (tertiary/aromatic N) is 1. The molecule has 0 aliphatic carbocycles. The van der Waals surface area contributed by atoms with Crippen molar-refractivity contribution < 1.29 is 41.6 Å². The number of para-hydroxylation sites is 1. The number of aromatic nitrogens is 2. The predicted octanol–water partition coefficient (Wildman–Crippen LogP) is 0.840. The maximum Gasteiger partial charge on any atom is 0.530 e. The number of nitrogens with one attached hydrogen (secondary N) is 1. The van der Waals surface area contributed by atoms with Gasteiger partial charge in [0.25, 0.3) is 11.4 Å². The number of benzene rings is 1. The Balaban J connectivity index is 1.68. The SMILES string of the molecule is [2H]C([2H])(OP1(=O)OCc2ccccc2O1)[C@@]1(F)O[C@@]([2H])(n2cc(Cl)c(=O)[nH]c2=O)[C@H](O)[C@@H]1O. The van der Waals surface area contributed by atoms with Gasteiger partial charge in [0.05, 0.1) is 10.7 Å². The highest BCUT2D eigenvalue weighted by Crippen LogP contribution is 2.55. The van der Waals surface area contributed by atoms with Gasteiger partial charge in [0, 0.05) is 11.8 Å². The van der Waals surface area contributed by atoms with E-state index in [2.05, 4.69) is 4.52 Å². The minimum atomic E-state index is -4.83. The first-order chi connectivity index (χ1) is 15.2. The topological polar surface area (TPSA) is 149 Å². The summed E-state index contributed by atoms with van der Waals surface area (Å²) in [5, 5.41) is 19.9. The molecule has 0 bridgehead atoms. The Morgan fingerprint density at radius 3 is 2.97 bits per heavy atom. The molecule has 1 aromatic heterocycles. The number of alkyl halides is 1. The van der Waals surface area contributed by atoms with Gasteiger partial charge in [0.2, 0.25) is 0 Å². The fraction of sp³-hybridized carbons (Fsp3) is 0.375. The van der Waals surface area contributed by atoms with Crippen molar-refractivity contribution >= 4 is 19.4 Å². The van der Waals surface area contributed by atoms with Crippen LogP contribution in [-0.4, -0.2) is 44.4 Å². The zero-order chi connectivity index (χ0) is 24.4. The lowest BCUT2D eigenvalue weighted by Crippen LogP contribution is -2.43. The number of rotatable bonds is 4. The van der Waals surface area contributed by atoms with E-state index in [9.17, 15) is 24.4 Å². The molecule has 2 aromatic rings. The summed E-state index contributed by atoms with van der Waals surface area (Å²) in [6.45, 7) is -4.21. The van der Waals surface area contributed by atoms with E-state index in [-0.39, 0.29) is 16.9 Å². The molecule has 1 saturated heterocycles. The highest BCUT2D eigenvalue weighted by Gasteiger charge is 2.57. The molecule has 1 fully saturated rings. The van der Waals surface area contributed by atoms with Crippen LogP contribution in [0.4, 0.5) is 4.39 Å². The summed E-state index contributed by atoms with van der Waals surface area (Å²) in [4.78, 5) is 25.3. The Morgan fingerprint density at radius 1 is 1.47 bits per heavy atom. The molecule has 3 heterocycles. The van der Waals surface area contributed by atoms with Crippen LogP contribution in [-0.2, 0) is 25.0 Å². The van der Waals surface area contributed by atoms with Crippen molar-refractivity contribution in [3.8, 4) is 5.75 Å². The number of fused-ring (bicyclic) bond motifs is 1. The molecular weight excluding hydrogens is 450 g/mol. The molecule has 162 valence electrons. The molecule has 2 aliphatic heterocycles. The van der Waals surface area contributed by atoms with Crippen LogP contribution in [0.1, 0.15) is 15.9 Å². The summed E-state index contributed by atoms with van der Waals surface area (Å²) in [5.74, 6) is -4.08. The number of phosphoric acid groups is 1. The minimum absolute atomic E-state index is 0.00740. The van der Waals surface area contributed by atoms with Crippen molar-refractivity contribution in [2.24, 2.45) is 0 Å². The van der Waals surface area contributed by atoms with E-state index in [0.29, 0.717) is 11.8 Å². The molecule has 11 nitrogen and oxygen atoms in total. The van der Waals surface area contributed by atoms with E-state index < -0.39 is 54.9 Å². The van der Waals surface area contributed by atoms with Crippen LogP contribution >= 0.6 is 19.4 Å². The van der Waals surface area contributed by atoms with Gasteiger partial charge in [-0.05, 0) is 6.07 Å². The standard InChI is InChI=1S/C16H15ClFN2O9P/c17-9-5-20(15(24)19-13(9)23)14-11(21)12(22)16(18,28-14)7-27-30(25)26-6-8-3-1-2-4-10(8)29-30/h1-5,11-12,14,21-22H,6-7H2,(H,19,23,24)/t11-,12+,14-,16-,30?/m1/s1/i7D2,14D. The number of H-pyrrole nitrogens is 1. The van der Waals surface area contributed by atoms with Gasteiger partial charge in [-0.3, -0.25) is 23.4 Å². The zero-order valence-corrected chi connectivity index (χ0v) is 16.3. The van der Waals surface area contributed by atoms with Gasteiger partial charge >= 0.3 is 13.5 Å². The molecule has 2 aliphatic rings. The molecule has 5 atom stereocenters. The summed E-state index contributed by atoms with van der Waals surface area (Å²) < 4.78 is 72.1. The van der Waals surface area contributed by atoms with Crippen LogP contribution in [0.15, 0.2) is 40.1 Å². The Bertz CT molecular complexity index is 1280. The van der Waals surface area contributed by atoms with E-state index in [4.69, 9.17) is 29.5 Å². The number of hydrogen-bond acceptors (Lipinski definition) is 9. The molecule has 1 aromatic carbocycles. The van der Waals surface area contributed by atoms with Crippen LogP contribution < -0.4 is 15.8 Å². The van der Waals surface area contributed by atoms with Gasteiger partial charge < -0.3 is 19.5 Å². The smallest absolute Gasteiger partial charge is 0.404 e. The van der Waals surface area contributed by atoms with Gasteiger partial charge in [-0.15, -0.1) is 0 Å². The highest BCUT2D eigenvalue weighted by molar-refractivity contribution is 7.49. The van der Waals surface area contributed by atoms with Crippen LogP contribution in [0.5, 0.6) is 5.75 Å². The summed E-state index contributed by atoms with van der Waals surface area (Å²) in [7, 11) is -4.83. The molecule has 4 rings (SSSR count). The van der Waals surface area contributed by atoms with E-state index in [1.165, 1.54) is 12.1 Å². The van der Waals surface area contributed by atoms with Crippen molar-refractivity contribution in [2.45, 2.75) is 30.9 Å². The second kappa shape index (κ2) is 7.57. The summed E-state index contributed by atoms with van der Waals surface area (Å²) in [5.41, 5.74) is -2.01. The first kappa shape index (κ1) is 17.6. The molecule has 0 saturated carbocycles. The molecule has 30 heavy (non-hydrogen) atoms. The van der Waals surface area contributed by atoms with Crippen molar-refractivity contribution in [3.05, 3.63) is 61.9 Å². The van der Waals surface area contributed by atoms with Gasteiger partial charge in [-0.2, -0.15) is 0 Å². The summed E-state index contributed by atoms with van der Waals surface area (Å²) in [6, 6.07) is 6.08. The van der Waals surface area contributed by atoms with E-state index in [1.54, 1.807) is 17.1 Å². The van der Waals surface area contributed by atoms with E-state index in [0.717, 1.165) is 0 Å². The van der Waals surface area contributed by atoms with Crippen LogP contribution in [0, 0.1) is 0 Å². The summed E-state index contributed by atoms with van der Waals surface area (Å²) in [6.07, 6.45) is -8.17. The Hall–Kier alpha value is -2.05. The first-order valence-electron chi connectivity index (χ1n) is 9.72. The monoisotopic (exact) mass is 467 g/mol. The van der Waals surface area contributed by atoms with Crippen molar-refractivity contribution in [1.82, 2.24) is 9.55 Å². The first-order valence-corrected chi connectivity index (χ1v) is 10.1. The molecule has 0 amide bonds. The number of halogens is 2. The van der Waals surface area contributed by atoms with E-state index >= 15 is 4.39 Å². The number of ether oxygens (including phenoxy) is 1. The average molecular weight is 468 g/mol. The quantitative estimate of drug-likeness (QED) is 0.556. The zero-order valence-electron chi connectivity index (χ0n) is 17.7. The van der Waals surface area contributed by atoms with Gasteiger partial charge in [-0.25, -0.2) is 13.8 Å². The fourth-order valence-corrected chi connectivity index (χ4v) is 3.91. The van der Waals surface area contributed by atoms with Gasteiger partial charge in [-0.1, -0.05) is 29.8 Å². The minimum Gasteiger partial charge on any atom is -0.404 e. The lowest BCUT2D eigenvalue weighted by atomic mass is 10.1. The van der Waals surface area contributed by atoms with Crippen molar-refractivity contribution in [1.29, 1.82) is 0 Å². The summed E-state index contributed by atoms with van der Waals surface area (Å²) >= 11 is 5.61. The van der Waals surface area contributed by atoms with Gasteiger partial charge in [0.15, 0.2) is 6.20 Å². The van der Waals surface area contributed by atoms with Crippen LogP contribution in [0.3, 0.4) is 0 Å². The molecule has 1 unspecified atom stereocenters. The second-order valence-corrected chi connectivity index (χ2v) is 8.12. The third kappa shape index (κ3) is 3.71. The number of phosphoric ester groups is 1. The van der Waals surface area contributed by atoms with Crippen LogP contribution in [0.2, 0.25) is 5.02 Å². The molecular formula is C16H15ClFN2O9P. The number of aromatic amines is 1. The molecule has 3 N–H and O–H groups in total. The Labute approximate surface area is 176 Å². The van der Waals surface area contributed by atoms with Crippen molar-refractivity contribution in [2.75, 3.05) is 6.56 Å². The normalized spacial score (nSPS) is 37.5. The second-order valence-electron chi connectivity index (χ2n) is 6.19. The lowest BCUT2D eigenvalue weighted by molar-refractivity contribution is -0.205. The van der Waals surface area contributed by atoms with E-state index in [1.807, 2.05) is 0 Å². The predicted molar refractivity (Wildman–Crippen MR) is 97.7 cm³/mol. The molecule has 0 radical (unpaired) electrons. The Morgan fingerprint density at radius 2 is 2.20 bits per heavy atom. The molecule has 0 spiro atoms. The number of aliphatic hydroxyl groups is 2. The largest absolute Gasteiger partial charge is 0.530 e. The lowest BCUT2D eigenvalue weighted by Gasteiger charge is -2.28. The fourth-order valence-electron chi connectivity index (χ4n) is 2.67. The number of hydrogen-bond donors (Lipinski definition) is 3. The molecule has 14 heteroatoms. The van der Waals surface area contributed by atoms with Crippen LogP contribution in [0.25, 0.3) is 0 Å². The average Bonchev–Trinajstić information content (AvgIpc) is 2.91. The number of aliphatic hydroxyl groups excluding tert-OH is 2.